The molecule has 1 aromatic rings. The van der Waals surface area contributed by atoms with E-state index in [1.54, 1.807) is 7.11 Å². The van der Waals surface area contributed by atoms with E-state index in [-0.39, 0.29) is 0 Å². The first-order valence-corrected chi connectivity index (χ1v) is 7.44. The van der Waals surface area contributed by atoms with Crippen LogP contribution in [0.5, 0.6) is 0 Å². The zero-order chi connectivity index (χ0) is 13.2. The predicted octanol–water partition coefficient (Wildman–Crippen LogP) is 3.64. The first-order valence-electron chi connectivity index (χ1n) is 6.65. The highest BCUT2D eigenvalue weighted by Crippen LogP contribution is 2.21. The molecule has 1 aromatic carbocycles. The van der Waals surface area contributed by atoms with Gasteiger partial charge in [0.2, 0.25) is 0 Å². The maximum atomic E-state index is 5.10. The van der Waals surface area contributed by atoms with E-state index < -0.39 is 0 Å². The Morgan fingerprint density at radius 1 is 1.28 bits per heavy atom. The summed E-state index contributed by atoms with van der Waals surface area (Å²) in [7, 11) is 3.80. The van der Waals surface area contributed by atoms with Gasteiger partial charge >= 0.3 is 0 Å². The number of hydrogen-bond acceptors (Lipinski definition) is 2. The van der Waals surface area contributed by atoms with E-state index in [4.69, 9.17) is 4.74 Å². The lowest BCUT2D eigenvalue weighted by atomic mass is 9.94. The molecule has 0 bridgehead atoms. The van der Waals surface area contributed by atoms with Crippen molar-refractivity contribution in [3.8, 4) is 0 Å². The van der Waals surface area contributed by atoms with Gasteiger partial charge < -0.3 is 10.1 Å². The Morgan fingerprint density at radius 3 is 2.72 bits per heavy atom. The lowest BCUT2D eigenvalue weighted by Gasteiger charge is -2.17. The molecule has 0 saturated carbocycles. The Hall–Kier alpha value is -0.380. The second-order valence-corrected chi connectivity index (χ2v) is 5.56. The minimum absolute atomic E-state index is 0.700. The van der Waals surface area contributed by atoms with E-state index in [9.17, 15) is 0 Å². The molecule has 1 N–H and O–H groups in total. The van der Waals surface area contributed by atoms with E-state index in [0.29, 0.717) is 5.92 Å². The van der Waals surface area contributed by atoms with Gasteiger partial charge in [0.1, 0.15) is 0 Å². The maximum absolute atomic E-state index is 5.10. The van der Waals surface area contributed by atoms with Gasteiger partial charge in [-0.15, -0.1) is 0 Å². The molecule has 0 aromatic heterocycles. The summed E-state index contributed by atoms with van der Waals surface area (Å²) < 4.78 is 6.32. The Balaban J connectivity index is 2.44. The fourth-order valence-corrected chi connectivity index (χ4v) is 2.67. The van der Waals surface area contributed by atoms with Gasteiger partial charge in [0.15, 0.2) is 0 Å². The number of methoxy groups -OCH3 is 1. The predicted molar refractivity (Wildman–Crippen MR) is 81.0 cm³/mol. The quantitative estimate of drug-likeness (QED) is 0.703. The fourth-order valence-electron chi connectivity index (χ4n) is 2.22. The Kier molecular flexibility index (Phi) is 8.31. The van der Waals surface area contributed by atoms with Crippen LogP contribution in [0.3, 0.4) is 0 Å². The summed E-state index contributed by atoms with van der Waals surface area (Å²) in [5, 5.41) is 3.30. The van der Waals surface area contributed by atoms with Crippen LogP contribution in [0.2, 0.25) is 0 Å². The summed E-state index contributed by atoms with van der Waals surface area (Å²) in [6, 6.07) is 8.51. The van der Waals surface area contributed by atoms with Crippen molar-refractivity contribution in [1.82, 2.24) is 5.32 Å². The average molecular weight is 314 g/mol. The zero-order valence-electron chi connectivity index (χ0n) is 11.4. The molecule has 0 heterocycles. The van der Waals surface area contributed by atoms with E-state index in [1.165, 1.54) is 22.9 Å². The largest absolute Gasteiger partial charge is 0.385 e. The third-order valence-electron chi connectivity index (χ3n) is 3.17. The standard InChI is InChI=1S/C15H24BrNO/c1-17-12-13(7-5-6-10-18-2)11-14-8-3-4-9-15(14)16/h3-4,8-9,13,17H,5-7,10-12H2,1-2H3. The molecule has 1 rings (SSSR count). The zero-order valence-corrected chi connectivity index (χ0v) is 13.0. The number of hydrogen-bond donors (Lipinski definition) is 1. The molecule has 2 nitrogen and oxygen atoms in total. The van der Waals surface area contributed by atoms with Crippen LogP contribution in [0.4, 0.5) is 0 Å². The van der Waals surface area contributed by atoms with Crippen LogP contribution in [-0.4, -0.2) is 27.3 Å². The summed E-state index contributed by atoms with van der Waals surface area (Å²) in [6.07, 6.45) is 4.79. The van der Waals surface area contributed by atoms with Gasteiger partial charge in [0.05, 0.1) is 0 Å². The molecule has 0 radical (unpaired) electrons. The van der Waals surface area contributed by atoms with Gasteiger partial charge in [0, 0.05) is 18.2 Å². The lowest BCUT2D eigenvalue weighted by molar-refractivity contribution is 0.190. The monoisotopic (exact) mass is 313 g/mol. The number of halogens is 1. The van der Waals surface area contributed by atoms with Crippen LogP contribution in [0.1, 0.15) is 24.8 Å². The highest BCUT2D eigenvalue weighted by Gasteiger charge is 2.10. The molecule has 3 heteroatoms. The SMILES string of the molecule is CNCC(CCCCOC)Cc1ccccc1Br. The number of unbranched alkanes of at least 4 members (excludes halogenated alkanes) is 1. The summed E-state index contributed by atoms with van der Waals surface area (Å²) in [4.78, 5) is 0. The number of ether oxygens (including phenoxy) is 1. The summed E-state index contributed by atoms with van der Waals surface area (Å²) in [6.45, 7) is 1.95. The number of rotatable bonds is 9. The van der Waals surface area contributed by atoms with Crippen molar-refractivity contribution in [2.45, 2.75) is 25.7 Å². The van der Waals surface area contributed by atoms with Crippen molar-refractivity contribution < 1.29 is 4.74 Å². The number of benzene rings is 1. The average Bonchev–Trinajstić information content (AvgIpc) is 2.37. The van der Waals surface area contributed by atoms with Crippen LogP contribution >= 0.6 is 15.9 Å². The van der Waals surface area contributed by atoms with E-state index in [1.807, 2.05) is 7.05 Å². The summed E-state index contributed by atoms with van der Waals surface area (Å²) >= 11 is 3.63. The molecule has 0 amide bonds. The van der Waals surface area contributed by atoms with Crippen molar-refractivity contribution in [3.05, 3.63) is 34.3 Å². The minimum Gasteiger partial charge on any atom is -0.385 e. The van der Waals surface area contributed by atoms with Crippen LogP contribution in [0.15, 0.2) is 28.7 Å². The third kappa shape index (κ3) is 5.98. The molecule has 0 aliphatic rings. The van der Waals surface area contributed by atoms with Crippen molar-refractivity contribution >= 4 is 15.9 Å². The number of nitrogens with one attached hydrogen (secondary N) is 1. The molecular weight excluding hydrogens is 290 g/mol. The minimum atomic E-state index is 0.700. The Labute approximate surface area is 119 Å². The molecule has 1 atom stereocenters. The van der Waals surface area contributed by atoms with E-state index in [0.717, 1.165) is 26.0 Å². The first-order chi connectivity index (χ1) is 8.77. The highest BCUT2D eigenvalue weighted by molar-refractivity contribution is 9.10. The normalized spacial score (nSPS) is 12.6. The molecule has 102 valence electrons. The molecule has 18 heavy (non-hydrogen) atoms. The van der Waals surface area contributed by atoms with Crippen molar-refractivity contribution in [3.63, 3.8) is 0 Å². The smallest absolute Gasteiger partial charge is 0.0462 e. The summed E-state index contributed by atoms with van der Waals surface area (Å²) in [5.74, 6) is 0.700. The molecule has 0 aliphatic heterocycles. The first kappa shape index (κ1) is 15.7. The Bertz CT molecular complexity index is 330. The molecule has 0 aliphatic carbocycles. The van der Waals surface area contributed by atoms with E-state index in [2.05, 4.69) is 45.5 Å². The van der Waals surface area contributed by atoms with Crippen LogP contribution in [0, 0.1) is 5.92 Å². The third-order valence-corrected chi connectivity index (χ3v) is 3.94. The van der Waals surface area contributed by atoms with Gasteiger partial charge in [-0.05, 0) is 50.4 Å². The van der Waals surface area contributed by atoms with Gasteiger partial charge in [-0.2, -0.15) is 0 Å². The van der Waals surface area contributed by atoms with Crippen LogP contribution in [0.25, 0.3) is 0 Å². The molecule has 0 fully saturated rings. The molecular formula is C15H24BrNO. The van der Waals surface area contributed by atoms with Gasteiger partial charge in [-0.3, -0.25) is 0 Å². The van der Waals surface area contributed by atoms with Crippen LogP contribution in [-0.2, 0) is 11.2 Å². The molecule has 1 unspecified atom stereocenters. The molecule has 0 spiro atoms. The van der Waals surface area contributed by atoms with Gasteiger partial charge in [-0.25, -0.2) is 0 Å². The molecule has 0 saturated heterocycles. The van der Waals surface area contributed by atoms with Crippen molar-refractivity contribution in [1.29, 1.82) is 0 Å². The van der Waals surface area contributed by atoms with Crippen molar-refractivity contribution in [2.24, 2.45) is 5.92 Å². The second-order valence-electron chi connectivity index (χ2n) is 4.71. The Morgan fingerprint density at radius 2 is 2.06 bits per heavy atom. The fraction of sp³-hybridized carbons (Fsp3) is 0.600. The van der Waals surface area contributed by atoms with E-state index >= 15 is 0 Å². The van der Waals surface area contributed by atoms with Crippen molar-refractivity contribution in [2.75, 3.05) is 27.3 Å². The maximum Gasteiger partial charge on any atom is 0.0462 e. The van der Waals surface area contributed by atoms with Crippen LogP contribution < -0.4 is 5.32 Å². The lowest BCUT2D eigenvalue weighted by Crippen LogP contribution is -2.21. The summed E-state index contributed by atoms with van der Waals surface area (Å²) in [5.41, 5.74) is 1.41. The van der Waals surface area contributed by atoms with Gasteiger partial charge in [-0.1, -0.05) is 40.5 Å². The second kappa shape index (κ2) is 9.54. The van der Waals surface area contributed by atoms with Gasteiger partial charge in [0.25, 0.3) is 0 Å². The highest BCUT2D eigenvalue weighted by atomic mass is 79.9. The topological polar surface area (TPSA) is 21.3 Å².